The van der Waals surface area contributed by atoms with Crippen LogP contribution in [0.25, 0.3) is 3.58 Å². The molecule has 0 aliphatic carbocycles. The van der Waals surface area contributed by atoms with Crippen LogP contribution in [-0.4, -0.2) is 12.9 Å². The van der Waals surface area contributed by atoms with Crippen molar-refractivity contribution >= 4 is 66.9 Å². The Bertz CT molecular complexity index is 1030. The quantitative estimate of drug-likeness (QED) is 0.168. The van der Waals surface area contributed by atoms with Crippen molar-refractivity contribution < 1.29 is 9.53 Å². The highest BCUT2D eigenvalue weighted by Crippen LogP contribution is 2.39. The molecule has 0 radical (unpaired) electrons. The summed E-state index contributed by atoms with van der Waals surface area (Å²) >= 11 is 15.7. The maximum Gasteiger partial charge on any atom is 0.200 e. The van der Waals surface area contributed by atoms with Crippen molar-refractivity contribution in [2.24, 2.45) is 0 Å². The highest BCUT2D eigenvalue weighted by molar-refractivity contribution is 14.1. The molecule has 0 aromatic heterocycles. The van der Waals surface area contributed by atoms with E-state index in [1.807, 2.05) is 48.5 Å². The number of thioether (sulfide) groups is 1. The van der Waals surface area contributed by atoms with E-state index >= 15 is 0 Å². The van der Waals surface area contributed by atoms with Crippen LogP contribution in [0.1, 0.15) is 21.5 Å². The molecule has 148 valence electrons. The van der Waals surface area contributed by atoms with E-state index in [9.17, 15) is 4.79 Å². The minimum absolute atomic E-state index is 0.0454. The van der Waals surface area contributed by atoms with Crippen LogP contribution in [0.3, 0.4) is 0 Å². The average Bonchev–Trinajstić information content (AvgIpc) is 2.75. The molecule has 2 nitrogen and oxygen atoms in total. The number of hydrogen-bond donors (Lipinski definition) is 0. The first-order chi connectivity index (χ1) is 14.0. The van der Waals surface area contributed by atoms with Crippen LogP contribution in [0.2, 0.25) is 10.0 Å². The summed E-state index contributed by atoms with van der Waals surface area (Å²) in [4.78, 5) is 14.0. The molecule has 0 fully saturated rings. The lowest BCUT2D eigenvalue weighted by Gasteiger charge is -2.13. The van der Waals surface area contributed by atoms with Crippen molar-refractivity contribution in [2.75, 3.05) is 7.11 Å². The molecule has 29 heavy (non-hydrogen) atoms. The average molecular weight is 555 g/mol. The predicted molar refractivity (Wildman–Crippen MR) is 132 cm³/mol. The Morgan fingerprint density at radius 1 is 0.931 bits per heavy atom. The lowest BCUT2D eigenvalue weighted by Crippen LogP contribution is -2.03. The summed E-state index contributed by atoms with van der Waals surface area (Å²) in [6.07, 6.45) is 0. The van der Waals surface area contributed by atoms with Crippen LogP contribution >= 0.6 is 57.6 Å². The number of carbonyl (C=O) groups excluding carboxylic acids is 1. The second-order valence-electron chi connectivity index (χ2n) is 6.09. The monoisotopic (exact) mass is 554 g/mol. The predicted octanol–water partition coefficient (Wildman–Crippen LogP) is 7.92. The summed E-state index contributed by atoms with van der Waals surface area (Å²) in [7, 11) is 1.63. The van der Waals surface area contributed by atoms with Crippen LogP contribution in [-0.2, 0) is 5.75 Å². The number of ether oxygens (including phenoxy) is 1. The van der Waals surface area contributed by atoms with Gasteiger partial charge in [-0.15, -0.1) is 11.8 Å². The lowest BCUT2D eigenvalue weighted by atomic mass is 10.1. The first-order valence-corrected chi connectivity index (χ1v) is 11.5. The van der Waals surface area contributed by atoms with Gasteiger partial charge in [-0.3, -0.25) is 4.79 Å². The third-order valence-electron chi connectivity index (χ3n) is 4.15. The second kappa shape index (κ2) is 10.5. The summed E-state index contributed by atoms with van der Waals surface area (Å²) in [6.45, 7) is 0. The lowest BCUT2D eigenvalue weighted by molar-refractivity contribution is 0.104. The Morgan fingerprint density at radius 2 is 1.52 bits per heavy atom. The Kier molecular flexibility index (Phi) is 8.07. The summed E-state index contributed by atoms with van der Waals surface area (Å²) in [6, 6.07) is 22.3. The van der Waals surface area contributed by atoms with E-state index < -0.39 is 0 Å². The van der Waals surface area contributed by atoms with Gasteiger partial charge in [0.1, 0.15) is 5.75 Å². The molecule has 0 spiro atoms. The van der Waals surface area contributed by atoms with Gasteiger partial charge in [-0.1, -0.05) is 53.5 Å². The zero-order chi connectivity index (χ0) is 20.8. The van der Waals surface area contributed by atoms with Crippen LogP contribution in [0.4, 0.5) is 0 Å². The highest BCUT2D eigenvalue weighted by Gasteiger charge is 2.20. The maximum atomic E-state index is 13.4. The van der Waals surface area contributed by atoms with Crippen molar-refractivity contribution in [2.45, 2.75) is 5.75 Å². The van der Waals surface area contributed by atoms with Gasteiger partial charge in [0.2, 0.25) is 0 Å². The van der Waals surface area contributed by atoms with E-state index in [1.165, 1.54) is 11.8 Å². The molecule has 0 saturated carbocycles. The number of benzene rings is 3. The molecule has 0 heterocycles. The number of carbonyl (C=O) groups is 1. The first kappa shape index (κ1) is 22.2. The molecular weight excluding hydrogens is 538 g/mol. The number of hydrogen-bond acceptors (Lipinski definition) is 3. The molecule has 6 heteroatoms. The van der Waals surface area contributed by atoms with Gasteiger partial charge in [-0.05, 0) is 70.6 Å². The van der Waals surface area contributed by atoms with Crippen molar-refractivity contribution in [3.8, 4) is 5.75 Å². The fourth-order valence-corrected chi connectivity index (χ4v) is 5.04. The van der Waals surface area contributed by atoms with Gasteiger partial charge in [0.25, 0.3) is 0 Å². The molecule has 0 aliphatic rings. The normalized spacial score (nSPS) is 11.7. The SMILES string of the molecule is COc1ccccc1C(I)=C(SCc1ccc(Cl)cc1)C(=O)c1ccc(Cl)cc1. The molecule has 0 N–H and O–H groups in total. The number of ketones is 1. The Hall–Kier alpha value is -1.47. The smallest absolute Gasteiger partial charge is 0.200 e. The van der Waals surface area contributed by atoms with Crippen LogP contribution in [0, 0.1) is 0 Å². The molecule has 3 aromatic carbocycles. The maximum absolute atomic E-state index is 13.4. The van der Waals surface area contributed by atoms with Crippen LogP contribution < -0.4 is 4.74 Å². The molecular formula is C23H17Cl2IO2S. The fourth-order valence-electron chi connectivity index (χ4n) is 2.65. The van der Waals surface area contributed by atoms with Crippen molar-refractivity contribution in [1.82, 2.24) is 0 Å². The zero-order valence-corrected chi connectivity index (χ0v) is 20.0. The highest BCUT2D eigenvalue weighted by atomic mass is 127. The second-order valence-corrected chi connectivity index (χ2v) is 9.03. The summed E-state index contributed by atoms with van der Waals surface area (Å²) in [5, 5.41) is 1.29. The Labute approximate surface area is 198 Å². The minimum Gasteiger partial charge on any atom is -0.496 e. The molecule has 0 amide bonds. The molecule has 3 rings (SSSR count). The molecule has 0 unspecified atom stereocenters. The Balaban J connectivity index is 2.01. The van der Waals surface area contributed by atoms with Crippen LogP contribution in [0.5, 0.6) is 5.75 Å². The van der Waals surface area contributed by atoms with Crippen LogP contribution in [0.15, 0.2) is 77.7 Å². The van der Waals surface area contributed by atoms with Gasteiger partial charge < -0.3 is 4.74 Å². The summed E-state index contributed by atoms with van der Waals surface area (Å²) < 4.78 is 6.35. The third kappa shape index (κ3) is 5.79. The van der Waals surface area contributed by atoms with E-state index in [4.69, 9.17) is 27.9 Å². The van der Waals surface area contributed by atoms with Crippen molar-refractivity contribution in [3.05, 3.63) is 104 Å². The van der Waals surface area contributed by atoms with E-state index in [0.29, 0.717) is 26.3 Å². The van der Waals surface area contributed by atoms with E-state index in [1.54, 1.807) is 31.4 Å². The van der Waals surface area contributed by atoms with Gasteiger partial charge in [-0.25, -0.2) is 0 Å². The fraction of sp³-hybridized carbons (Fsp3) is 0.0870. The standard InChI is InChI=1S/C23H17Cl2IO2S/c1-28-20-5-3-2-4-19(20)21(26)23(22(27)16-8-12-18(25)13-9-16)29-14-15-6-10-17(24)11-7-15/h2-13H,14H2,1H3. The first-order valence-electron chi connectivity index (χ1n) is 8.70. The summed E-state index contributed by atoms with van der Waals surface area (Å²) in [5.41, 5.74) is 2.57. The van der Waals surface area contributed by atoms with Gasteiger partial charge >= 0.3 is 0 Å². The Morgan fingerprint density at radius 3 is 2.14 bits per heavy atom. The topological polar surface area (TPSA) is 26.3 Å². The molecule has 0 saturated heterocycles. The van der Waals surface area contributed by atoms with E-state index in [-0.39, 0.29) is 5.78 Å². The number of halogens is 3. The summed E-state index contributed by atoms with van der Waals surface area (Å²) in [5.74, 6) is 1.33. The zero-order valence-electron chi connectivity index (χ0n) is 15.5. The largest absolute Gasteiger partial charge is 0.496 e. The van der Waals surface area contributed by atoms with Gasteiger partial charge in [0.15, 0.2) is 5.78 Å². The molecule has 0 aliphatic heterocycles. The van der Waals surface area contributed by atoms with E-state index in [0.717, 1.165) is 20.5 Å². The third-order valence-corrected chi connectivity index (χ3v) is 7.30. The van der Waals surface area contributed by atoms with Crippen molar-refractivity contribution in [3.63, 3.8) is 0 Å². The molecule has 0 atom stereocenters. The van der Waals surface area contributed by atoms with E-state index in [2.05, 4.69) is 22.6 Å². The van der Waals surface area contributed by atoms with Gasteiger partial charge in [0.05, 0.1) is 12.0 Å². The molecule has 3 aromatic rings. The number of allylic oxidation sites excluding steroid dienone is 1. The number of para-hydroxylation sites is 1. The number of Topliss-reactive ketones (excluding diaryl/α,β-unsaturated/α-hetero) is 1. The number of methoxy groups -OCH3 is 1. The van der Waals surface area contributed by atoms with Gasteiger partial charge in [0, 0.05) is 30.5 Å². The number of rotatable bonds is 7. The molecule has 0 bridgehead atoms. The van der Waals surface area contributed by atoms with Crippen molar-refractivity contribution in [1.29, 1.82) is 0 Å². The van der Waals surface area contributed by atoms with Gasteiger partial charge in [-0.2, -0.15) is 0 Å². The minimum atomic E-state index is -0.0454.